The maximum atomic E-state index is 13.4. The first-order valence-electron chi connectivity index (χ1n) is 6.21. The zero-order valence-electron chi connectivity index (χ0n) is 11.4. The molecule has 104 valence electrons. The highest BCUT2D eigenvalue weighted by Crippen LogP contribution is 2.23. The Balaban J connectivity index is 2.18. The van der Waals surface area contributed by atoms with Gasteiger partial charge in [-0.25, -0.2) is 9.40 Å². The quantitative estimate of drug-likeness (QED) is 0.678. The fraction of sp³-hybridized carbons (Fsp3) is 0.133. The molecule has 1 aliphatic rings. The Morgan fingerprint density at radius 3 is 2.80 bits per heavy atom. The zero-order valence-corrected chi connectivity index (χ0v) is 11.4. The first kappa shape index (κ1) is 13.9. The molecule has 1 aliphatic heterocycles. The number of nitrogens with two attached hydrogens (primary N) is 1. The lowest BCUT2D eigenvalue weighted by atomic mass is 10.2. The molecule has 0 aromatic heterocycles. The average molecular weight is 273 g/mol. The van der Waals surface area contributed by atoms with E-state index in [1.165, 1.54) is 12.1 Å². The Labute approximate surface area is 117 Å². The van der Waals surface area contributed by atoms with Gasteiger partial charge < -0.3 is 10.5 Å². The Morgan fingerprint density at radius 2 is 2.15 bits per heavy atom. The summed E-state index contributed by atoms with van der Waals surface area (Å²) in [5.41, 5.74) is 6.40. The summed E-state index contributed by atoms with van der Waals surface area (Å²) < 4.78 is 19.0. The van der Waals surface area contributed by atoms with Crippen LogP contribution in [-0.2, 0) is 0 Å². The SMILES string of the molecule is C/C=N\N1C=CC(Oc2ccc(N)c(F)c2)=C/C1=C\C. The maximum absolute atomic E-state index is 13.4. The molecule has 0 atom stereocenters. The minimum atomic E-state index is -0.494. The second kappa shape index (κ2) is 6.06. The van der Waals surface area contributed by atoms with Gasteiger partial charge in [0.05, 0.1) is 11.4 Å². The second-order valence-corrected chi connectivity index (χ2v) is 4.08. The first-order chi connectivity index (χ1) is 9.63. The molecule has 5 heteroatoms. The van der Waals surface area contributed by atoms with E-state index in [-0.39, 0.29) is 5.69 Å². The van der Waals surface area contributed by atoms with Gasteiger partial charge >= 0.3 is 0 Å². The molecule has 20 heavy (non-hydrogen) atoms. The van der Waals surface area contributed by atoms with E-state index in [2.05, 4.69) is 5.10 Å². The Bertz CT molecular complexity index is 618. The van der Waals surface area contributed by atoms with E-state index in [9.17, 15) is 4.39 Å². The number of hydrogen-bond acceptors (Lipinski definition) is 4. The third-order valence-corrected chi connectivity index (χ3v) is 2.68. The fourth-order valence-corrected chi connectivity index (χ4v) is 1.71. The molecule has 2 rings (SSSR count). The summed E-state index contributed by atoms with van der Waals surface area (Å²) >= 11 is 0. The predicted molar refractivity (Wildman–Crippen MR) is 78.4 cm³/mol. The topological polar surface area (TPSA) is 50.8 Å². The largest absolute Gasteiger partial charge is 0.457 e. The van der Waals surface area contributed by atoms with Crippen LogP contribution in [0.1, 0.15) is 13.8 Å². The number of hydrazone groups is 1. The summed E-state index contributed by atoms with van der Waals surface area (Å²) in [5.74, 6) is 0.506. The molecule has 0 saturated carbocycles. The van der Waals surface area contributed by atoms with Gasteiger partial charge in [-0.3, -0.25) is 0 Å². The van der Waals surface area contributed by atoms with Crippen LogP contribution in [0.25, 0.3) is 0 Å². The molecular formula is C15H16FN3O. The molecule has 1 aromatic carbocycles. The van der Waals surface area contributed by atoms with Gasteiger partial charge in [0.1, 0.15) is 17.3 Å². The number of rotatable bonds is 3. The van der Waals surface area contributed by atoms with Crippen LogP contribution in [0.2, 0.25) is 0 Å². The molecular weight excluding hydrogens is 257 g/mol. The Hall–Kier alpha value is -2.56. The van der Waals surface area contributed by atoms with Gasteiger partial charge in [0.2, 0.25) is 0 Å². The highest BCUT2D eigenvalue weighted by atomic mass is 19.1. The molecule has 2 N–H and O–H groups in total. The highest BCUT2D eigenvalue weighted by Gasteiger charge is 2.10. The van der Waals surface area contributed by atoms with E-state index in [1.807, 2.05) is 26.0 Å². The van der Waals surface area contributed by atoms with Crippen LogP contribution >= 0.6 is 0 Å². The number of nitrogens with zero attached hydrogens (tertiary/aromatic N) is 2. The van der Waals surface area contributed by atoms with Crippen molar-refractivity contribution in [1.29, 1.82) is 0 Å². The van der Waals surface area contributed by atoms with E-state index >= 15 is 0 Å². The summed E-state index contributed by atoms with van der Waals surface area (Å²) in [5, 5.41) is 5.90. The number of halogens is 1. The molecule has 1 heterocycles. The number of anilines is 1. The smallest absolute Gasteiger partial charge is 0.149 e. The van der Waals surface area contributed by atoms with Gasteiger partial charge in [-0.15, -0.1) is 0 Å². The van der Waals surface area contributed by atoms with Crippen molar-refractivity contribution in [3.05, 3.63) is 59.9 Å². The number of benzene rings is 1. The van der Waals surface area contributed by atoms with Crippen molar-refractivity contribution in [2.24, 2.45) is 5.10 Å². The van der Waals surface area contributed by atoms with Gasteiger partial charge in [0.25, 0.3) is 0 Å². The Morgan fingerprint density at radius 1 is 1.35 bits per heavy atom. The third kappa shape index (κ3) is 3.06. The lowest BCUT2D eigenvalue weighted by Crippen LogP contribution is -2.13. The van der Waals surface area contributed by atoms with E-state index in [0.717, 1.165) is 5.70 Å². The monoisotopic (exact) mass is 273 g/mol. The molecule has 0 aliphatic carbocycles. The zero-order chi connectivity index (χ0) is 14.5. The van der Waals surface area contributed by atoms with E-state index in [0.29, 0.717) is 11.5 Å². The highest BCUT2D eigenvalue weighted by molar-refractivity contribution is 5.53. The first-order valence-corrected chi connectivity index (χ1v) is 6.21. The minimum absolute atomic E-state index is 0.100. The lowest BCUT2D eigenvalue weighted by Gasteiger charge is -2.20. The summed E-state index contributed by atoms with van der Waals surface area (Å²) in [7, 11) is 0. The average Bonchev–Trinajstić information content (AvgIpc) is 2.45. The predicted octanol–water partition coefficient (Wildman–Crippen LogP) is 3.41. The summed E-state index contributed by atoms with van der Waals surface area (Å²) in [6, 6.07) is 4.36. The van der Waals surface area contributed by atoms with Crippen LogP contribution in [0, 0.1) is 5.82 Å². The summed E-state index contributed by atoms with van der Waals surface area (Å²) in [4.78, 5) is 0. The van der Waals surface area contributed by atoms with Crippen LogP contribution in [0.15, 0.2) is 59.2 Å². The van der Waals surface area contributed by atoms with Crippen molar-refractivity contribution in [1.82, 2.24) is 5.01 Å². The lowest BCUT2D eigenvalue weighted by molar-refractivity contribution is 0.420. The second-order valence-electron chi connectivity index (χ2n) is 4.08. The molecule has 0 fully saturated rings. The molecule has 0 amide bonds. The minimum Gasteiger partial charge on any atom is -0.457 e. The number of ether oxygens (including phenoxy) is 1. The van der Waals surface area contributed by atoms with Crippen molar-refractivity contribution in [2.45, 2.75) is 13.8 Å². The molecule has 0 spiro atoms. The van der Waals surface area contributed by atoms with Gasteiger partial charge in [-0.05, 0) is 32.1 Å². The van der Waals surface area contributed by atoms with Crippen molar-refractivity contribution in [3.63, 3.8) is 0 Å². The summed E-state index contributed by atoms with van der Waals surface area (Å²) in [6.07, 6.45) is 8.96. The van der Waals surface area contributed by atoms with Crippen LogP contribution in [0.4, 0.5) is 10.1 Å². The molecule has 0 radical (unpaired) electrons. The molecule has 0 bridgehead atoms. The standard InChI is InChI=1S/C15H16FN3O/c1-3-11-9-13(7-8-19(11)18-4-2)20-12-5-6-15(17)14(16)10-12/h3-10H,17H2,1-2H3/b11-3+,18-4-. The van der Waals surface area contributed by atoms with Crippen molar-refractivity contribution >= 4 is 11.9 Å². The third-order valence-electron chi connectivity index (χ3n) is 2.68. The molecule has 1 aromatic rings. The fourth-order valence-electron chi connectivity index (χ4n) is 1.71. The van der Waals surface area contributed by atoms with E-state index in [4.69, 9.17) is 10.5 Å². The van der Waals surface area contributed by atoms with E-state index < -0.39 is 5.82 Å². The van der Waals surface area contributed by atoms with E-state index in [1.54, 1.807) is 29.6 Å². The van der Waals surface area contributed by atoms with Gasteiger partial charge in [0.15, 0.2) is 0 Å². The van der Waals surface area contributed by atoms with Crippen molar-refractivity contribution < 1.29 is 9.13 Å². The normalized spacial score (nSPS) is 16.9. The maximum Gasteiger partial charge on any atom is 0.149 e. The summed E-state index contributed by atoms with van der Waals surface area (Å²) in [6.45, 7) is 3.75. The number of hydrogen-bond donors (Lipinski definition) is 1. The van der Waals surface area contributed by atoms with Crippen molar-refractivity contribution in [2.75, 3.05) is 5.73 Å². The van der Waals surface area contributed by atoms with Gasteiger partial charge in [-0.1, -0.05) is 6.08 Å². The van der Waals surface area contributed by atoms with Gasteiger partial charge in [0, 0.05) is 24.6 Å². The van der Waals surface area contributed by atoms with Crippen LogP contribution in [0.3, 0.4) is 0 Å². The van der Waals surface area contributed by atoms with Crippen molar-refractivity contribution in [3.8, 4) is 5.75 Å². The molecule has 0 unspecified atom stereocenters. The molecule has 4 nitrogen and oxygen atoms in total. The van der Waals surface area contributed by atoms with Gasteiger partial charge in [-0.2, -0.15) is 5.10 Å². The van der Waals surface area contributed by atoms with Crippen LogP contribution in [-0.4, -0.2) is 11.2 Å². The number of nitrogen functional groups attached to an aromatic ring is 1. The number of allylic oxidation sites excluding steroid dienone is 3. The van der Waals surface area contributed by atoms with Crippen LogP contribution in [0.5, 0.6) is 5.75 Å². The van der Waals surface area contributed by atoms with Crippen LogP contribution < -0.4 is 10.5 Å². The Kier molecular flexibility index (Phi) is 4.20. The molecule has 0 saturated heterocycles.